The number of pyridine rings is 1. The molecule has 1 heterocycles. The fourth-order valence-corrected chi connectivity index (χ4v) is 2.36. The van der Waals surface area contributed by atoms with Gasteiger partial charge in [-0.15, -0.1) is 0 Å². The number of aromatic nitrogens is 1. The van der Waals surface area contributed by atoms with Crippen LogP contribution in [0.3, 0.4) is 0 Å². The Hall–Kier alpha value is -2.77. The number of rotatable bonds is 6. The summed E-state index contributed by atoms with van der Waals surface area (Å²) in [6.07, 6.45) is -3.59. The van der Waals surface area contributed by atoms with E-state index in [4.69, 9.17) is 4.74 Å². The standard InChI is InChI=1S/C18H19F3N2O3/c1-3-26-14-8-6-13(7-9-14)11-22(2)16(24)12-23-10-4-5-15(17(23)25)18(19,20)21/h4-10H,3,11-12H2,1-2H3. The zero-order chi connectivity index (χ0) is 19.3. The van der Waals surface area contributed by atoms with Gasteiger partial charge in [-0.25, -0.2) is 0 Å². The lowest BCUT2D eigenvalue weighted by Gasteiger charge is -2.18. The minimum Gasteiger partial charge on any atom is -0.494 e. The van der Waals surface area contributed by atoms with Crippen molar-refractivity contribution in [1.82, 2.24) is 9.47 Å². The van der Waals surface area contributed by atoms with Crippen LogP contribution in [0.15, 0.2) is 47.4 Å². The Morgan fingerprint density at radius 1 is 1.19 bits per heavy atom. The van der Waals surface area contributed by atoms with Gasteiger partial charge in [-0.1, -0.05) is 12.1 Å². The number of alkyl halides is 3. The summed E-state index contributed by atoms with van der Waals surface area (Å²) >= 11 is 0. The first-order valence-corrected chi connectivity index (χ1v) is 7.94. The summed E-state index contributed by atoms with van der Waals surface area (Å²) in [5, 5.41) is 0. The normalized spacial score (nSPS) is 11.3. The molecule has 0 N–H and O–H groups in total. The summed E-state index contributed by atoms with van der Waals surface area (Å²) in [5.74, 6) is 0.237. The van der Waals surface area contributed by atoms with Gasteiger partial charge in [0.1, 0.15) is 17.9 Å². The summed E-state index contributed by atoms with van der Waals surface area (Å²) in [4.78, 5) is 25.5. The molecule has 0 radical (unpaired) electrons. The van der Waals surface area contributed by atoms with Crippen LogP contribution >= 0.6 is 0 Å². The zero-order valence-corrected chi connectivity index (χ0v) is 14.4. The van der Waals surface area contributed by atoms with E-state index in [1.165, 1.54) is 18.1 Å². The lowest BCUT2D eigenvalue weighted by atomic mass is 10.2. The van der Waals surface area contributed by atoms with Gasteiger partial charge in [-0.05, 0) is 36.8 Å². The summed E-state index contributed by atoms with van der Waals surface area (Å²) < 4.78 is 44.4. The highest BCUT2D eigenvalue weighted by atomic mass is 19.4. The third-order valence-corrected chi connectivity index (χ3v) is 3.71. The molecule has 1 aromatic carbocycles. The summed E-state index contributed by atoms with van der Waals surface area (Å²) in [5.41, 5.74) is -1.69. The Labute approximate surface area is 148 Å². The third kappa shape index (κ3) is 4.87. The largest absolute Gasteiger partial charge is 0.494 e. The Morgan fingerprint density at radius 3 is 2.42 bits per heavy atom. The number of ether oxygens (including phenoxy) is 1. The average molecular weight is 368 g/mol. The smallest absolute Gasteiger partial charge is 0.421 e. The average Bonchev–Trinajstić information content (AvgIpc) is 2.57. The van der Waals surface area contributed by atoms with Gasteiger partial charge < -0.3 is 14.2 Å². The van der Waals surface area contributed by atoms with Crippen LogP contribution in [0.25, 0.3) is 0 Å². The lowest BCUT2D eigenvalue weighted by molar-refractivity contribution is -0.139. The van der Waals surface area contributed by atoms with Crippen molar-refractivity contribution < 1.29 is 22.7 Å². The molecule has 1 amide bonds. The molecule has 5 nitrogen and oxygen atoms in total. The van der Waals surface area contributed by atoms with Crippen LogP contribution < -0.4 is 10.3 Å². The van der Waals surface area contributed by atoms with E-state index in [2.05, 4.69) is 0 Å². The molecular formula is C18H19F3N2O3. The molecule has 2 aromatic rings. The van der Waals surface area contributed by atoms with Crippen LogP contribution in [0, 0.1) is 0 Å². The number of carbonyl (C=O) groups is 1. The number of amides is 1. The van der Waals surface area contributed by atoms with Crippen LogP contribution in [0.5, 0.6) is 5.75 Å². The van der Waals surface area contributed by atoms with E-state index < -0.39 is 29.8 Å². The molecule has 0 saturated carbocycles. The number of hydrogen-bond donors (Lipinski definition) is 0. The Balaban J connectivity index is 2.06. The van der Waals surface area contributed by atoms with Crippen molar-refractivity contribution in [3.8, 4) is 5.75 Å². The second-order valence-electron chi connectivity index (χ2n) is 5.68. The summed E-state index contributed by atoms with van der Waals surface area (Å²) in [7, 11) is 1.53. The molecule has 0 aliphatic carbocycles. The molecule has 0 bridgehead atoms. The number of hydrogen-bond acceptors (Lipinski definition) is 3. The first kappa shape index (κ1) is 19.6. The van der Waals surface area contributed by atoms with Gasteiger partial charge in [0.2, 0.25) is 5.91 Å². The van der Waals surface area contributed by atoms with E-state index in [1.54, 1.807) is 24.3 Å². The van der Waals surface area contributed by atoms with Crippen LogP contribution in [0.2, 0.25) is 0 Å². The van der Waals surface area contributed by atoms with Gasteiger partial charge in [0.05, 0.1) is 6.61 Å². The van der Waals surface area contributed by atoms with Crippen LogP contribution in [-0.4, -0.2) is 29.0 Å². The predicted octanol–water partition coefficient (Wildman–Crippen LogP) is 2.92. The number of halogens is 3. The number of benzene rings is 1. The highest BCUT2D eigenvalue weighted by Gasteiger charge is 2.34. The van der Waals surface area contributed by atoms with Gasteiger partial charge in [-0.2, -0.15) is 13.2 Å². The maximum absolute atomic E-state index is 12.8. The first-order valence-electron chi connectivity index (χ1n) is 7.94. The minimum atomic E-state index is -4.75. The molecule has 0 spiro atoms. The Morgan fingerprint density at radius 2 is 1.85 bits per heavy atom. The molecule has 8 heteroatoms. The van der Waals surface area contributed by atoms with E-state index in [1.807, 2.05) is 6.92 Å². The van der Waals surface area contributed by atoms with Gasteiger partial charge in [0.15, 0.2) is 0 Å². The van der Waals surface area contributed by atoms with E-state index in [0.717, 1.165) is 16.2 Å². The number of carbonyl (C=O) groups excluding carboxylic acids is 1. The van der Waals surface area contributed by atoms with Crippen molar-refractivity contribution in [2.75, 3.05) is 13.7 Å². The Kier molecular flexibility index (Phi) is 6.07. The first-order chi connectivity index (χ1) is 12.2. The Bertz CT molecular complexity index is 814. The number of likely N-dealkylation sites (N-methyl/N-ethyl adjacent to an activating group) is 1. The fourth-order valence-electron chi connectivity index (χ4n) is 2.36. The second-order valence-corrected chi connectivity index (χ2v) is 5.68. The van der Waals surface area contributed by atoms with E-state index in [-0.39, 0.29) is 6.54 Å². The molecule has 2 rings (SSSR count). The summed E-state index contributed by atoms with van der Waals surface area (Å²) in [6.45, 7) is 2.22. The highest BCUT2D eigenvalue weighted by Crippen LogP contribution is 2.26. The molecule has 1 aromatic heterocycles. The molecule has 140 valence electrons. The molecule has 0 aliphatic heterocycles. The molecule has 0 aliphatic rings. The quantitative estimate of drug-likeness (QED) is 0.788. The van der Waals surface area contributed by atoms with Gasteiger partial charge >= 0.3 is 6.18 Å². The van der Waals surface area contributed by atoms with Crippen molar-refractivity contribution in [1.29, 1.82) is 0 Å². The monoisotopic (exact) mass is 368 g/mol. The molecule has 0 unspecified atom stereocenters. The van der Waals surface area contributed by atoms with Gasteiger partial charge in [0, 0.05) is 19.8 Å². The zero-order valence-electron chi connectivity index (χ0n) is 14.4. The van der Waals surface area contributed by atoms with E-state index in [0.29, 0.717) is 18.4 Å². The summed E-state index contributed by atoms with van der Waals surface area (Å²) in [6, 6.07) is 8.94. The minimum absolute atomic E-state index is 0.263. The molecule has 0 atom stereocenters. The SMILES string of the molecule is CCOc1ccc(CN(C)C(=O)Cn2cccc(C(F)(F)F)c2=O)cc1. The molecule has 26 heavy (non-hydrogen) atoms. The van der Waals surface area contributed by atoms with E-state index >= 15 is 0 Å². The van der Waals surface area contributed by atoms with Crippen molar-refractivity contribution >= 4 is 5.91 Å². The van der Waals surface area contributed by atoms with Crippen molar-refractivity contribution in [2.45, 2.75) is 26.2 Å². The van der Waals surface area contributed by atoms with Gasteiger partial charge in [-0.3, -0.25) is 9.59 Å². The highest BCUT2D eigenvalue weighted by molar-refractivity contribution is 5.75. The molecule has 0 saturated heterocycles. The van der Waals surface area contributed by atoms with Crippen LogP contribution in [0.4, 0.5) is 13.2 Å². The second kappa shape index (κ2) is 8.07. The maximum Gasteiger partial charge on any atom is 0.421 e. The molecular weight excluding hydrogens is 349 g/mol. The lowest BCUT2D eigenvalue weighted by Crippen LogP contribution is -2.35. The van der Waals surface area contributed by atoms with E-state index in [9.17, 15) is 22.8 Å². The topological polar surface area (TPSA) is 51.5 Å². The number of nitrogens with zero attached hydrogens (tertiary/aromatic N) is 2. The maximum atomic E-state index is 12.8. The van der Waals surface area contributed by atoms with Crippen LogP contribution in [-0.2, 0) is 24.1 Å². The third-order valence-electron chi connectivity index (χ3n) is 3.71. The van der Waals surface area contributed by atoms with Crippen molar-refractivity contribution in [3.63, 3.8) is 0 Å². The van der Waals surface area contributed by atoms with Crippen LogP contribution in [0.1, 0.15) is 18.1 Å². The van der Waals surface area contributed by atoms with Crippen molar-refractivity contribution in [2.24, 2.45) is 0 Å². The van der Waals surface area contributed by atoms with Gasteiger partial charge in [0.25, 0.3) is 5.56 Å². The van der Waals surface area contributed by atoms with Crippen molar-refractivity contribution in [3.05, 3.63) is 64.1 Å². The predicted molar refractivity (Wildman–Crippen MR) is 89.8 cm³/mol. The fraction of sp³-hybridized carbons (Fsp3) is 0.333. The molecule has 0 fully saturated rings.